The fourth-order valence-electron chi connectivity index (χ4n) is 1.84. The smallest absolute Gasteiger partial charge is 0.263 e. The molecule has 1 aromatic heterocycles. The van der Waals surface area contributed by atoms with E-state index in [4.69, 9.17) is 15.2 Å². The Labute approximate surface area is 129 Å². The zero-order valence-corrected chi connectivity index (χ0v) is 13.6. The molecule has 0 aromatic carbocycles. The molecule has 7 heteroatoms. The molecule has 0 saturated heterocycles. The third-order valence-corrected chi connectivity index (χ3v) is 4.18. The van der Waals surface area contributed by atoms with Crippen LogP contribution in [0.4, 0.5) is 10.7 Å². The average molecular weight is 313 g/mol. The highest BCUT2D eigenvalue weighted by atomic mass is 32.1. The van der Waals surface area contributed by atoms with Gasteiger partial charge in [-0.3, -0.25) is 4.79 Å². The van der Waals surface area contributed by atoms with Crippen LogP contribution >= 0.6 is 11.3 Å². The first-order chi connectivity index (χ1) is 10.1. The molecule has 0 aliphatic rings. The molecular weight excluding hydrogens is 290 g/mol. The van der Waals surface area contributed by atoms with Crippen LogP contribution in [0.2, 0.25) is 0 Å². The molecule has 0 radical (unpaired) electrons. The van der Waals surface area contributed by atoms with E-state index in [1.54, 1.807) is 20.3 Å². The van der Waals surface area contributed by atoms with Crippen LogP contribution in [0.1, 0.15) is 16.6 Å². The van der Waals surface area contributed by atoms with Crippen LogP contribution in [0.25, 0.3) is 0 Å². The van der Waals surface area contributed by atoms with Gasteiger partial charge in [0.1, 0.15) is 15.6 Å². The summed E-state index contributed by atoms with van der Waals surface area (Å²) >= 11 is 1.33. The Hall–Kier alpha value is -1.73. The Balaban J connectivity index is 3.08. The largest absolute Gasteiger partial charge is 0.492 e. The van der Waals surface area contributed by atoms with Crippen molar-refractivity contribution in [3.8, 4) is 5.75 Å². The van der Waals surface area contributed by atoms with Crippen molar-refractivity contribution in [2.75, 3.05) is 51.1 Å². The second kappa shape index (κ2) is 8.53. The highest BCUT2D eigenvalue weighted by molar-refractivity contribution is 7.19. The maximum Gasteiger partial charge on any atom is 0.263 e. The van der Waals surface area contributed by atoms with Gasteiger partial charge in [-0.15, -0.1) is 17.9 Å². The number of nitrogens with one attached hydrogen (secondary N) is 1. The third kappa shape index (κ3) is 4.12. The van der Waals surface area contributed by atoms with E-state index in [2.05, 4.69) is 16.8 Å². The van der Waals surface area contributed by atoms with Crippen LogP contribution in [-0.2, 0) is 4.74 Å². The number of likely N-dealkylation sites (N-methyl/N-ethyl adjacent to an activating group) is 1. The molecule has 0 aliphatic heterocycles. The first kappa shape index (κ1) is 17.3. The Morgan fingerprint density at radius 3 is 2.76 bits per heavy atom. The van der Waals surface area contributed by atoms with Gasteiger partial charge < -0.3 is 25.4 Å². The summed E-state index contributed by atoms with van der Waals surface area (Å²) in [6.07, 6.45) is 1.62. The SMILES string of the molecule is C=CCNC(=O)c1sc(N(CC)CCOC)c(OC)c1N. The Morgan fingerprint density at radius 2 is 2.24 bits per heavy atom. The molecule has 0 saturated carbocycles. The molecule has 0 fully saturated rings. The van der Waals surface area contributed by atoms with E-state index >= 15 is 0 Å². The predicted octanol–water partition coefficient (Wildman–Crippen LogP) is 1.73. The predicted molar refractivity (Wildman–Crippen MR) is 87.6 cm³/mol. The fourth-order valence-corrected chi connectivity index (χ4v) is 3.04. The van der Waals surface area contributed by atoms with Gasteiger partial charge in [0, 0.05) is 26.7 Å². The Bertz CT molecular complexity index is 488. The number of anilines is 2. The maximum atomic E-state index is 12.1. The number of thiophene rings is 1. The molecule has 0 unspecified atom stereocenters. The minimum Gasteiger partial charge on any atom is -0.492 e. The molecule has 1 amide bonds. The third-order valence-electron chi connectivity index (χ3n) is 2.93. The number of hydrogen-bond acceptors (Lipinski definition) is 6. The molecular formula is C14H23N3O3S. The van der Waals surface area contributed by atoms with Crippen molar-refractivity contribution in [2.24, 2.45) is 0 Å². The molecule has 118 valence electrons. The van der Waals surface area contributed by atoms with Gasteiger partial charge in [0.15, 0.2) is 5.75 Å². The molecule has 6 nitrogen and oxygen atoms in total. The van der Waals surface area contributed by atoms with Gasteiger partial charge in [-0.1, -0.05) is 6.08 Å². The lowest BCUT2D eigenvalue weighted by Crippen LogP contribution is -2.26. The van der Waals surface area contributed by atoms with E-state index < -0.39 is 0 Å². The van der Waals surface area contributed by atoms with Gasteiger partial charge in [-0.05, 0) is 6.92 Å². The van der Waals surface area contributed by atoms with Crippen molar-refractivity contribution >= 4 is 27.9 Å². The fraction of sp³-hybridized carbons (Fsp3) is 0.500. The number of rotatable bonds is 9. The quantitative estimate of drug-likeness (QED) is 0.679. The molecule has 0 aliphatic carbocycles. The number of methoxy groups -OCH3 is 2. The number of nitrogens with zero attached hydrogens (tertiary/aromatic N) is 1. The van der Waals surface area contributed by atoms with E-state index in [-0.39, 0.29) is 5.91 Å². The molecule has 0 atom stereocenters. The van der Waals surface area contributed by atoms with E-state index in [0.29, 0.717) is 36.0 Å². The summed E-state index contributed by atoms with van der Waals surface area (Å²) in [5.41, 5.74) is 6.42. The van der Waals surface area contributed by atoms with Crippen molar-refractivity contribution in [1.29, 1.82) is 0 Å². The van der Waals surface area contributed by atoms with Gasteiger partial charge in [-0.25, -0.2) is 0 Å². The molecule has 0 spiro atoms. The monoisotopic (exact) mass is 313 g/mol. The molecule has 1 rings (SSSR count). The molecule has 1 aromatic rings. The van der Waals surface area contributed by atoms with Gasteiger partial charge in [-0.2, -0.15) is 0 Å². The van der Waals surface area contributed by atoms with Gasteiger partial charge in [0.2, 0.25) is 0 Å². The lowest BCUT2D eigenvalue weighted by atomic mass is 10.3. The Morgan fingerprint density at radius 1 is 1.52 bits per heavy atom. The Kier molecular flexibility index (Phi) is 7.04. The highest BCUT2D eigenvalue weighted by Crippen LogP contribution is 2.44. The summed E-state index contributed by atoms with van der Waals surface area (Å²) in [5.74, 6) is 0.325. The number of nitrogens with two attached hydrogens (primary N) is 1. The van der Waals surface area contributed by atoms with Gasteiger partial charge in [0.05, 0.1) is 13.7 Å². The number of amides is 1. The average Bonchev–Trinajstić information content (AvgIpc) is 2.82. The maximum absolute atomic E-state index is 12.1. The molecule has 1 heterocycles. The first-order valence-electron chi connectivity index (χ1n) is 6.69. The van der Waals surface area contributed by atoms with Crippen molar-refractivity contribution in [3.05, 3.63) is 17.5 Å². The van der Waals surface area contributed by atoms with E-state index in [1.807, 2.05) is 6.92 Å². The summed E-state index contributed by atoms with van der Waals surface area (Å²) in [7, 11) is 3.21. The van der Waals surface area contributed by atoms with Gasteiger partial charge >= 0.3 is 0 Å². The number of hydrogen-bond donors (Lipinski definition) is 2. The summed E-state index contributed by atoms with van der Waals surface area (Å²) in [6.45, 7) is 8.07. The van der Waals surface area contributed by atoms with Crippen LogP contribution in [0.5, 0.6) is 5.75 Å². The molecule has 3 N–H and O–H groups in total. The normalized spacial score (nSPS) is 10.2. The standard InChI is InChI=1S/C14H23N3O3S/c1-5-7-16-13(18)12-10(15)11(20-4)14(21-12)17(6-2)8-9-19-3/h5H,1,6-9,15H2,2-4H3,(H,16,18). The van der Waals surface area contributed by atoms with Crippen molar-refractivity contribution in [1.82, 2.24) is 5.32 Å². The zero-order valence-electron chi connectivity index (χ0n) is 12.8. The second-order valence-electron chi connectivity index (χ2n) is 4.25. The van der Waals surface area contributed by atoms with Crippen molar-refractivity contribution in [2.45, 2.75) is 6.92 Å². The van der Waals surface area contributed by atoms with E-state index in [1.165, 1.54) is 11.3 Å². The number of nitrogen functional groups attached to an aromatic ring is 1. The number of carbonyl (C=O) groups excluding carboxylic acids is 1. The molecule has 21 heavy (non-hydrogen) atoms. The topological polar surface area (TPSA) is 76.8 Å². The summed E-state index contributed by atoms with van der Waals surface area (Å²) in [6, 6.07) is 0. The summed E-state index contributed by atoms with van der Waals surface area (Å²) in [5, 5.41) is 3.57. The minimum atomic E-state index is -0.218. The van der Waals surface area contributed by atoms with Crippen LogP contribution in [0.15, 0.2) is 12.7 Å². The first-order valence-corrected chi connectivity index (χ1v) is 7.51. The zero-order chi connectivity index (χ0) is 15.8. The van der Waals surface area contributed by atoms with Gasteiger partial charge in [0.25, 0.3) is 5.91 Å². The van der Waals surface area contributed by atoms with E-state index in [0.717, 1.165) is 11.5 Å². The minimum absolute atomic E-state index is 0.218. The summed E-state index contributed by atoms with van der Waals surface area (Å²) < 4.78 is 10.5. The van der Waals surface area contributed by atoms with Crippen LogP contribution in [0, 0.1) is 0 Å². The van der Waals surface area contributed by atoms with Crippen LogP contribution in [0.3, 0.4) is 0 Å². The van der Waals surface area contributed by atoms with E-state index in [9.17, 15) is 4.79 Å². The summed E-state index contributed by atoms with van der Waals surface area (Å²) in [4.78, 5) is 14.6. The highest BCUT2D eigenvalue weighted by Gasteiger charge is 2.24. The number of carbonyl (C=O) groups is 1. The van der Waals surface area contributed by atoms with Crippen molar-refractivity contribution in [3.63, 3.8) is 0 Å². The van der Waals surface area contributed by atoms with Crippen LogP contribution in [-0.4, -0.2) is 46.4 Å². The second-order valence-corrected chi connectivity index (χ2v) is 5.25. The molecule has 0 bridgehead atoms. The number of ether oxygens (including phenoxy) is 2. The van der Waals surface area contributed by atoms with Crippen molar-refractivity contribution < 1.29 is 14.3 Å². The lowest BCUT2D eigenvalue weighted by Gasteiger charge is -2.21. The lowest BCUT2D eigenvalue weighted by molar-refractivity contribution is 0.0962. The van der Waals surface area contributed by atoms with Crippen LogP contribution < -0.4 is 20.7 Å².